The zero-order chi connectivity index (χ0) is 15.2. The van der Waals surface area contributed by atoms with Crippen molar-refractivity contribution in [3.05, 3.63) is 33.2 Å². The Bertz CT molecular complexity index is 522. The van der Waals surface area contributed by atoms with Crippen LogP contribution >= 0.6 is 0 Å². The molecule has 4 heteroatoms. The van der Waals surface area contributed by atoms with Gasteiger partial charge >= 0.3 is 0 Å². The summed E-state index contributed by atoms with van der Waals surface area (Å²) in [5, 5.41) is 3.12. The zero-order valence-electron chi connectivity index (χ0n) is 13.7. The molecular formula is C17H29N3O. The summed E-state index contributed by atoms with van der Waals surface area (Å²) >= 11 is 0. The van der Waals surface area contributed by atoms with Crippen molar-refractivity contribution in [3.8, 4) is 0 Å². The summed E-state index contributed by atoms with van der Waals surface area (Å²) in [7, 11) is 1.90. The summed E-state index contributed by atoms with van der Waals surface area (Å²) < 4.78 is 2.06. The molecule has 0 saturated carbocycles. The molecule has 2 heterocycles. The van der Waals surface area contributed by atoms with Crippen LogP contribution in [0.15, 0.2) is 10.9 Å². The Hall–Kier alpha value is -1.13. The number of nitrogens with zero attached hydrogens (tertiary/aromatic N) is 2. The van der Waals surface area contributed by atoms with E-state index in [-0.39, 0.29) is 5.56 Å². The standard InChI is InChI=1S/C17H29N3O/c1-4-6-7-9-20-16-8-10-19(5-2)13-15(16)11-14(12-18-3)17(20)21/h11,18H,4-10,12-13H2,1-3H3. The molecule has 0 bridgehead atoms. The predicted molar refractivity (Wildman–Crippen MR) is 87.6 cm³/mol. The number of rotatable bonds is 7. The summed E-state index contributed by atoms with van der Waals surface area (Å²) in [4.78, 5) is 15.1. The van der Waals surface area contributed by atoms with Crippen molar-refractivity contribution >= 4 is 0 Å². The third-order valence-electron chi connectivity index (χ3n) is 4.42. The molecule has 0 saturated heterocycles. The minimum Gasteiger partial charge on any atom is -0.315 e. The fraction of sp³-hybridized carbons (Fsp3) is 0.706. The quantitative estimate of drug-likeness (QED) is 0.782. The van der Waals surface area contributed by atoms with Crippen LogP contribution in [-0.2, 0) is 26.1 Å². The van der Waals surface area contributed by atoms with Crippen LogP contribution < -0.4 is 10.9 Å². The van der Waals surface area contributed by atoms with Crippen LogP contribution in [0.25, 0.3) is 0 Å². The average Bonchev–Trinajstić information content (AvgIpc) is 2.50. The van der Waals surface area contributed by atoms with Crippen molar-refractivity contribution in [3.63, 3.8) is 0 Å². The lowest BCUT2D eigenvalue weighted by molar-refractivity contribution is 0.261. The minimum atomic E-state index is 0.212. The van der Waals surface area contributed by atoms with Gasteiger partial charge in [-0.25, -0.2) is 0 Å². The van der Waals surface area contributed by atoms with Gasteiger partial charge in [0.25, 0.3) is 5.56 Å². The van der Waals surface area contributed by atoms with Gasteiger partial charge in [0, 0.05) is 43.9 Å². The number of aromatic nitrogens is 1. The smallest absolute Gasteiger partial charge is 0.255 e. The van der Waals surface area contributed by atoms with E-state index in [2.05, 4.69) is 34.7 Å². The highest BCUT2D eigenvalue weighted by Gasteiger charge is 2.20. The van der Waals surface area contributed by atoms with Crippen molar-refractivity contribution in [1.29, 1.82) is 0 Å². The van der Waals surface area contributed by atoms with E-state index in [4.69, 9.17) is 0 Å². The summed E-state index contributed by atoms with van der Waals surface area (Å²) in [6.45, 7) is 9.07. The van der Waals surface area contributed by atoms with Crippen LogP contribution in [0, 0.1) is 0 Å². The van der Waals surface area contributed by atoms with E-state index < -0.39 is 0 Å². The van der Waals surface area contributed by atoms with E-state index in [1.54, 1.807) is 0 Å². The second-order valence-corrected chi connectivity index (χ2v) is 5.95. The van der Waals surface area contributed by atoms with Gasteiger partial charge in [0.15, 0.2) is 0 Å². The highest BCUT2D eigenvalue weighted by atomic mass is 16.1. The fourth-order valence-electron chi connectivity index (χ4n) is 3.18. The lowest BCUT2D eigenvalue weighted by Gasteiger charge is -2.30. The van der Waals surface area contributed by atoms with E-state index in [1.807, 2.05) is 7.05 Å². The van der Waals surface area contributed by atoms with Gasteiger partial charge in [-0.15, -0.1) is 0 Å². The van der Waals surface area contributed by atoms with Crippen molar-refractivity contribution in [1.82, 2.24) is 14.8 Å². The molecule has 1 aliphatic rings. The van der Waals surface area contributed by atoms with Crippen LogP contribution in [0.1, 0.15) is 49.9 Å². The zero-order valence-corrected chi connectivity index (χ0v) is 13.7. The molecule has 0 aromatic carbocycles. The van der Waals surface area contributed by atoms with E-state index in [0.717, 1.165) is 44.6 Å². The molecule has 1 aromatic heterocycles. The molecule has 0 unspecified atom stereocenters. The maximum atomic E-state index is 12.7. The molecule has 4 nitrogen and oxygen atoms in total. The second kappa shape index (κ2) is 7.76. The highest BCUT2D eigenvalue weighted by molar-refractivity contribution is 5.29. The van der Waals surface area contributed by atoms with Gasteiger partial charge < -0.3 is 9.88 Å². The largest absolute Gasteiger partial charge is 0.315 e. The molecule has 2 rings (SSSR count). The molecule has 0 fully saturated rings. The normalized spacial score (nSPS) is 15.2. The monoisotopic (exact) mass is 291 g/mol. The van der Waals surface area contributed by atoms with Gasteiger partial charge in [-0.2, -0.15) is 0 Å². The molecule has 1 aromatic rings. The number of hydrogen-bond donors (Lipinski definition) is 1. The van der Waals surface area contributed by atoms with Gasteiger partial charge in [0.1, 0.15) is 0 Å². The fourth-order valence-corrected chi connectivity index (χ4v) is 3.18. The van der Waals surface area contributed by atoms with E-state index in [0.29, 0.717) is 6.54 Å². The molecule has 0 atom stereocenters. The first-order chi connectivity index (χ1) is 10.2. The Kier molecular flexibility index (Phi) is 6.00. The second-order valence-electron chi connectivity index (χ2n) is 5.95. The molecule has 1 N–H and O–H groups in total. The first kappa shape index (κ1) is 16.2. The first-order valence-electron chi connectivity index (χ1n) is 8.32. The Labute approximate surface area is 128 Å². The molecule has 0 spiro atoms. The third-order valence-corrected chi connectivity index (χ3v) is 4.42. The maximum absolute atomic E-state index is 12.7. The Morgan fingerprint density at radius 3 is 2.76 bits per heavy atom. The van der Waals surface area contributed by atoms with Gasteiger partial charge in [-0.3, -0.25) is 9.69 Å². The van der Waals surface area contributed by atoms with E-state index in [1.165, 1.54) is 24.1 Å². The average molecular weight is 291 g/mol. The lowest BCUT2D eigenvalue weighted by atomic mass is 10.0. The number of likely N-dealkylation sites (N-methyl/N-ethyl adjacent to an activating group) is 1. The number of nitrogens with one attached hydrogen (secondary N) is 1. The van der Waals surface area contributed by atoms with Crippen LogP contribution in [-0.4, -0.2) is 29.6 Å². The van der Waals surface area contributed by atoms with E-state index in [9.17, 15) is 4.79 Å². The van der Waals surface area contributed by atoms with Crippen LogP contribution in [0.5, 0.6) is 0 Å². The highest BCUT2D eigenvalue weighted by Crippen LogP contribution is 2.19. The van der Waals surface area contributed by atoms with Crippen LogP contribution in [0.3, 0.4) is 0 Å². The number of unbranched alkanes of at least 4 members (excludes halogenated alkanes) is 2. The molecule has 1 aliphatic heterocycles. The van der Waals surface area contributed by atoms with Gasteiger partial charge in [0.2, 0.25) is 0 Å². The van der Waals surface area contributed by atoms with Gasteiger partial charge in [-0.1, -0.05) is 26.7 Å². The molecule has 21 heavy (non-hydrogen) atoms. The predicted octanol–water partition coefficient (Wildman–Crippen LogP) is 2.14. The summed E-state index contributed by atoms with van der Waals surface area (Å²) in [6.07, 6.45) is 4.49. The Balaban J connectivity index is 2.36. The summed E-state index contributed by atoms with van der Waals surface area (Å²) in [6, 6.07) is 2.13. The van der Waals surface area contributed by atoms with Crippen LogP contribution in [0.2, 0.25) is 0 Å². The topological polar surface area (TPSA) is 37.3 Å². The molecule has 0 radical (unpaired) electrons. The van der Waals surface area contributed by atoms with Crippen molar-refractivity contribution in [2.45, 2.75) is 59.2 Å². The Morgan fingerprint density at radius 2 is 2.10 bits per heavy atom. The molecule has 118 valence electrons. The van der Waals surface area contributed by atoms with Gasteiger partial charge in [0.05, 0.1) is 0 Å². The number of fused-ring (bicyclic) bond motifs is 1. The molecule has 0 aliphatic carbocycles. The molecule has 0 amide bonds. The van der Waals surface area contributed by atoms with Crippen molar-refractivity contribution < 1.29 is 0 Å². The van der Waals surface area contributed by atoms with Gasteiger partial charge in [-0.05, 0) is 31.6 Å². The van der Waals surface area contributed by atoms with Crippen LogP contribution in [0.4, 0.5) is 0 Å². The lowest BCUT2D eigenvalue weighted by Crippen LogP contribution is -2.37. The summed E-state index contributed by atoms with van der Waals surface area (Å²) in [5.74, 6) is 0. The maximum Gasteiger partial charge on any atom is 0.255 e. The summed E-state index contributed by atoms with van der Waals surface area (Å²) in [5.41, 5.74) is 3.75. The first-order valence-corrected chi connectivity index (χ1v) is 8.32. The van der Waals surface area contributed by atoms with Crippen molar-refractivity contribution in [2.24, 2.45) is 0 Å². The third kappa shape index (κ3) is 3.74. The SMILES string of the molecule is CCCCCn1c2c(cc(CNC)c1=O)CN(CC)CC2. The minimum absolute atomic E-state index is 0.212. The number of hydrogen-bond acceptors (Lipinski definition) is 3. The van der Waals surface area contributed by atoms with E-state index >= 15 is 0 Å². The van der Waals surface area contributed by atoms with Crippen molar-refractivity contribution in [2.75, 3.05) is 20.1 Å². The molecular weight excluding hydrogens is 262 g/mol. The number of pyridine rings is 1. The Morgan fingerprint density at radius 1 is 1.29 bits per heavy atom.